The van der Waals surface area contributed by atoms with Gasteiger partial charge in [-0.1, -0.05) is 17.9 Å². The van der Waals surface area contributed by atoms with Crippen molar-refractivity contribution in [1.29, 1.82) is 0 Å². The normalized spacial score (nSPS) is 23.1. The molecule has 1 atom stereocenters. The molecule has 0 saturated carbocycles. The van der Waals surface area contributed by atoms with Crippen LogP contribution in [0.4, 0.5) is 0 Å². The van der Waals surface area contributed by atoms with Crippen LogP contribution in [0, 0.1) is 11.8 Å². The highest BCUT2D eigenvalue weighted by molar-refractivity contribution is 7.91. The zero-order valence-electron chi connectivity index (χ0n) is 11.7. The SMILES string of the molecule is CC1(NC(=O)c2cccc(C#CCO)c2)CCS(=O)(=O)C1. The van der Waals surface area contributed by atoms with E-state index >= 15 is 0 Å². The van der Waals surface area contributed by atoms with Gasteiger partial charge in [0.05, 0.1) is 17.0 Å². The Hall–Kier alpha value is -1.84. The van der Waals surface area contributed by atoms with Crippen molar-refractivity contribution in [1.82, 2.24) is 5.32 Å². The molecule has 112 valence electrons. The largest absolute Gasteiger partial charge is 0.384 e. The Morgan fingerprint density at radius 2 is 2.24 bits per heavy atom. The highest BCUT2D eigenvalue weighted by Crippen LogP contribution is 2.23. The summed E-state index contributed by atoms with van der Waals surface area (Å²) in [6, 6.07) is 6.70. The second kappa shape index (κ2) is 5.88. The van der Waals surface area contributed by atoms with Crippen molar-refractivity contribution in [2.75, 3.05) is 18.1 Å². The van der Waals surface area contributed by atoms with Crippen molar-refractivity contribution >= 4 is 15.7 Å². The van der Waals surface area contributed by atoms with E-state index in [-0.39, 0.29) is 24.0 Å². The summed E-state index contributed by atoms with van der Waals surface area (Å²) in [6.07, 6.45) is 0.422. The van der Waals surface area contributed by atoms with E-state index in [1.807, 2.05) is 0 Å². The molecule has 1 aliphatic heterocycles. The lowest BCUT2D eigenvalue weighted by Crippen LogP contribution is -2.46. The van der Waals surface area contributed by atoms with Crippen LogP contribution in [-0.2, 0) is 9.84 Å². The third-order valence-electron chi connectivity index (χ3n) is 3.36. The number of amides is 1. The van der Waals surface area contributed by atoms with Gasteiger partial charge in [0, 0.05) is 11.1 Å². The second-order valence-corrected chi connectivity index (χ2v) is 7.58. The van der Waals surface area contributed by atoms with Crippen molar-refractivity contribution in [2.45, 2.75) is 18.9 Å². The van der Waals surface area contributed by atoms with Gasteiger partial charge in [0.25, 0.3) is 5.91 Å². The zero-order valence-corrected chi connectivity index (χ0v) is 12.5. The quantitative estimate of drug-likeness (QED) is 0.772. The predicted molar refractivity (Wildman–Crippen MR) is 79.5 cm³/mol. The van der Waals surface area contributed by atoms with Gasteiger partial charge >= 0.3 is 0 Å². The monoisotopic (exact) mass is 307 g/mol. The topological polar surface area (TPSA) is 83.5 Å². The van der Waals surface area contributed by atoms with Crippen LogP contribution < -0.4 is 5.32 Å². The molecule has 21 heavy (non-hydrogen) atoms. The van der Waals surface area contributed by atoms with Crippen LogP contribution in [0.5, 0.6) is 0 Å². The summed E-state index contributed by atoms with van der Waals surface area (Å²) in [4.78, 5) is 12.2. The molecule has 6 heteroatoms. The Kier molecular flexibility index (Phi) is 4.35. The van der Waals surface area contributed by atoms with E-state index in [1.165, 1.54) is 0 Å². The summed E-state index contributed by atoms with van der Waals surface area (Å²) >= 11 is 0. The Labute approximate surface area is 124 Å². The Balaban J connectivity index is 2.14. The lowest BCUT2D eigenvalue weighted by molar-refractivity contribution is 0.0915. The molecule has 1 heterocycles. The number of aliphatic hydroxyl groups excluding tert-OH is 1. The summed E-state index contributed by atoms with van der Waals surface area (Å²) in [5.74, 6) is 5.00. The third kappa shape index (κ3) is 4.06. The van der Waals surface area contributed by atoms with E-state index in [4.69, 9.17) is 5.11 Å². The fourth-order valence-corrected chi connectivity index (χ4v) is 4.43. The van der Waals surface area contributed by atoms with E-state index in [2.05, 4.69) is 17.2 Å². The number of hydrogen-bond acceptors (Lipinski definition) is 4. The standard InChI is InChI=1S/C15H17NO4S/c1-15(7-9-21(19,20)11-15)16-14(18)13-6-2-4-12(10-13)5-3-8-17/h2,4,6,10,17H,7-9,11H2,1H3,(H,16,18). The molecule has 0 aliphatic carbocycles. The Bertz CT molecular complexity index is 715. The zero-order chi connectivity index (χ0) is 15.5. The summed E-state index contributed by atoms with van der Waals surface area (Å²) in [5.41, 5.74) is 0.328. The molecule has 0 spiro atoms. The molecule has 1 fully saturated rings. The van der Waals surface area contributed by atoms with Gasteiger partial charge in [0.2, 0.25) is 0 Å². The average molecular weight is 307 g/mol. The molecule has 2 rings (SSSR count). The molecule has 1 aliphatic rings. The molecule has 0 radical (unpaired) electrons. The van der Waals surface area contributed by atoms with Gasteiger partial charge in [-0.15, -0.1) is 0 Å². The van der Waals surface area contributed by atoms with Gasteiger partial charge in [-0.3, -0.25) is 4.79 Å². The minimum Gasteiger partial charge on any atom is -0.384 e. The van der Waals surface area contributed by atoms with Crippen LogP contribution in [0.15, 0.2) is 24.3 Å². The van der Waals surface area contributed by atoms with Crippen LogP contribution in [-0.4, -0.2) is 43.1 Å². The van der Waals surface area contributed by atoms with Crippen molar-refractivity contribution in [2.24, 2.45) is 0 Å². The number of rotatable bonds is 2. The van der Waals surface area contributed by atoms with Crippen LogP contribution in [0.2, 0.25) is 0 Å². The van der Waals surface area contributed by atoms with Gasteiger partial charge in [0.15, 0.2) is 9.84 Å². The molecular weight excluding hydrogens is 290 g/mol. The number of aliphatic hydroxyl groups is 1. The smallest absolute Gasteiger partial charge is 0.251 e. The van der Waals surface area contributed by atoms with Crippen molar-refractivity contribution in [3.63, 3.8) is 0 Å². The third-order valence-corrected chi connectivity index (χ3v) is 5.26. The van der Waals surface area contributed by atoms with Crippen molar-refractivity contribution < 1.29 is 18.3 Å². The van der Waals surface area contributed by atoms with E-state index in [1.54, 1.807) is 31.2 Å². The van der Waals surface area contributed by atoms with Crippen LogP contribution in [0.25, 0.3) is 0 Å². The van der Waals surface area contributed by atoms with Gasteiger partial charge in [-0.25, -0.2) is 8.42 Å². The van der Waals surface area contributed by atoms with Crippen LogP contribution >= 0.6 is 0 Å². The molecule has 1 unspecified atom stereocenters. The maximum absolute atomic E-state index is 12.2. The lowest BCUT2D eigenvalue weighted by Gasteiger charge is -2.23. The lowest BCUT2D eigenvalue weighted by atomic mass is 10.0. The highest BCUT2D eigenvalue weighted by atomic mass is 32.2. The number of carbonyl (C=O) groups excluding carboxylic acids is 1. The first-order chi connectivity index (χ1) is 9.84. The summed E-state index contributed by atoms with van der Waals surface area (Å²) in [5, 5.41) is 11.5. The van der Waals surface area contributed by atoms with Gasteiger partial charge in [-0.05, 0) is 31.5 Å². The number of nitrogens with one attached hydrogen (secondary N) is 1. The highest BCUT2D eigenvalue weighted by Gasteiger charge is 2.39. The first-order valence-electron chi connectivity index (χ1n) is 6.56. The Morgan fingerprint density at radius 1 is 1.48 bits per heavy atom. The van der Waals surface area contributed by atoms with E-state index in [0.29, 0.717) is 17.5 Å². The number of benzene rings is 1. The summed E-state index contributed by atoms with van der Waals surface area (Å²) in [6.45, 7) is 1.50. The van der Waals surface area contributed by atoms with E-state index in [0.717, 1.165) is 0 Å². The maximum Gasteiger partial charge on any atom is 0.251 e. The molecule has 0 aromatic heterocycles. The summed E-state index contributed by atoms with van der Waals surface area (Å²) < 4.78 is 23.1. The number of sulfone groups is 1. The molecule has 5 nitrogen and oxygen atoms in total. The van der Waals surface area contributed by atoms with E-state index < -0.39 is 15.4 Å². The van der Waals surface area contributed by atoms with Gasteiger partial charge in [0.1, 0.15) is 6.61 Å². The summed E-state index contributed by atoms with van der Waals surface area (Å²) in [7, 11) is -3.07. The molecule has 0 bridgehead atoms. The van der Waals surface area contributed by atoms with Crippen molar-refractivity contribution in [3.8, 4) is 11.8 Å². The first-order valence-corrected chi connectivity index (χ1v) is 8.38. The van der Waals surface area contributed by atoms with E-state index in [9.17, 15) is 13.2 Å². The molecule has 1 saturated heterocycles. The number of carbonyl (C=O) groups is 1. The van der Waals surface area contributed by atoms with Crippen molar-refractivity contribution in [3.05, 3.63) is 35.4 Å². The molecule has 2 N–H and O–H groups in total. The minimum atomic E-state index is -3.07. The fourth-order valence-electron chi connectivity index (χ4n) is 2.34. The molecule has 1 aromatic rings. The van der Waals surface area contributed by atoms with Crippen LogP contribution in [0.1, 0.15) is 29.3 Å². The average Bonchev–Trinajstić information content (AvgIpc) is 2.70. The maximum atomic E-state index is 12.2. The number of hydrogen-bond donors (Lipinski definition) is 2. The van der Waals surface area contributed by atoms with Gasteiger partial charge in [-0.2, -0.15) is 0 Å². The predicted octanol–water partition coefficient (Wildman–Crippen LogP) is 0.337. The Morgan fingerprint density at radius 3 is 2.86 bits per heavy atom. The minimum absolute atomic E-state index is 0.0320. The fraction of sp³-hybridized carbons (Fsp3) is 0.400. The molecule has 1 aromatic carbocycles. The van der Waals surface area contributed by atoms with Crippen LogP contribution in [0.3, 0.4) is 0 Å². The van der Waals surface area contributed by atoms with Gasteiger partial charge < -0.3 is 10.4 Å². The molecule has 1 amide bonds. The molecular formula is C15H17NO4S. The first kappa shape index (κ1) is 15.5. The second-order valence-electron chi connectivity index (χ2n) is 5.40.